The van der Waals surface area contributed by atoms with E-state index in [0.29, 0.717) is 23.2 Å². The van der Waals surface area contributed by atoms with Gasteiger partial charge in [-0.2, -0.15) is 0 Å². The molecule has 0 radical (unpaired) electrons. The van der Waals surface area contributed by atoms with Gasteiger partial charge in [0.25, 0.3) is 0 Å². The minimum absolute atomic E-state index is 0.0244. The van der Waals surface area contributed by atoms with Crippen LogP contribution in [0.15, 0.2) is 18.2 Å². The highest BCUT2D eigenvalue weighted by atomic mass is 16.2. The first-order valence-electron chi connectivity index (χ1n) is 7.54. The number of nitrogens with one attached hydrogen (secondary N) is 2. The van der Waals surface area contributed by atoms with Gasteiger partial charge in [0.2, 0.25) is 11.8 Å². The molecule has 0 bridgehead atoms. The van der Waals surface area contributed by atoms with Gasteiger partial charge < -0.3 is 16.4 Å². The van der Waals surface area contributed by atoms with E-state index in [-0.39, 0.29) is 24.3 Å². The molecule has 1 fully saturated rings. The first kappa shape index (κ1) is 14.1. The molecule has 0 saturated heterocycles. The molecule has 1 heterocycles. The molecule has 1 aliphatic carbocycles. The lowest BCUT2D eigenvalue weighted by atomic mass is 9.86. The van der Waals surface area contributed by atoms with Crippen molar-refractivity contribution in [3.8, 4) is 0 Å². The van der Waals surface area contributed by atoms with E-state index in [2.05, 4.69) is 17.6 Å². The molecule has 1 saturated carbocycles. The molecule has 2 aliphatic rings. The van der Waals surface area contributed by atoms with Crippen LogP contribution in [0.25, 0.3) is 0 Å². The van der Waals surface area contributed by atoms with Crippen LogP contribution in [0.2, 0.25) is 0 Å². The molecular weight excluding hydrogens is 266 g/mol. The van der Waals surface area contributed by atoms with Crippen LogP contribution in [0.3, 0.4) is 0 Å². The fourth-order valence-electron chi connectivity index (χ4n) is 3.47. The van der Waals surface area contributed by atoms with Gasteiger partial charge in [0.05, 0.1) is 11.4 Å². The summed E-state index contributed by atoms with van der Waals surface area (Å²) < 4.78 is 0. The van der Waals surface area contributed by atoms with Gasteiger partial charge in [-0.05, 0) is 36.0 Å². The Morgan fingerprint density at radius 2 is 1.86 bits per heavy atom. The molecule has 0 aromatic heterocycles. The quantitative estimate of drug-likeness (QED) is 0.730. The lowest BCUT2D eigenvalue weighted by Gasteiger charge is -2.24. The Hall–Kier alpha value is -1.88. The number of carbonyl (C=O) groups excluding carboxylic acids is 2. The van der Waals surface area contributed by atoms with Crippen molar-refractivity contribution in [2.45, 2.75) is 38.6 Å². The van der Waals surface area contributed by atoms with E-state index >= 15 is 0 Å². The van der Waals surface area contributed by atoms with Gasteiger partial charge in [0.1, 0.15) is 6.42 Å². The minimum atomic E-state index is -0.286. The van der Waals surface area contributed by atoms with E-state index in [1.54, 1.807) is 0 Å². The maximum atomic E-state index is 11.6. The van der Waals surface area contributed by atoms with E-state index in [1.165, 1.54) is 12.8 Å². The Morgan fingerprint density at radius 3 is 2.52 bits per heavy atom. The maximum absolute atomic E-state index is 11.6. The third-order valence-electron chi connectivity index (χ3n) is 4.69. The van der Waals surface area contributed by atoms with Crippen molar-refractivity contribution in [2.24, 2.45) is 17.6 Å². The molecule has 5 nitrogen and oxygen atoms in total. The van der Waals surface area contributed by atoms with Crippen LogP contribution in [0.4, 0.5) is 11.4 Å². The number of hydrogen-bond donors (Lipinski definition) is 3. The second-order valence-corrected chi connectivity index (χ2v) is 6.18. The van der Waals surface area contributed by atoms with Crippen molar-refractivity contribution < 1.29 is 9.59 Å². The predicted molar refractivity (Wildman–Crippen MR) is 81.8 cm³/mol. The number of nitrogens with two attached hydrogens (primary N) is 1. The Balaban J connectivity index is 1.88. The number of rotatable bonds is 2. The van der Waals surface area contributed by atoms with Gasteiger partial charge in [-0.1, -0.05) is 25.8 Å². The number of fused-ring (bicyclic) bond motifs is 1. The smallest absolute Gasteiger partial charge is 0.233 e. The van der Waals surface area contributed by atoms with E-state index in [0.717, 1.165) is 12.0 Å². The second kappa shape index (κ2) is 5.48. The zero-order valence-electron chi connectivity index (χ0n) is 12.2. The molecule has 1 aliphatic heterocycles. The molecular formula is C16H21N3O2. The summed E-state index contributed by atoms with van der Waals surface area (Å²) in [6.07, 6.45) is 3.48. The summed E-state index contributed by atoms with van der Waals surface area (Å²) in [7, 11) is 0. The highest BCUT2D eigenvalue weighted by Gasteiger charge is 2.30. The first-order chi connectivity index (χ1) is 10.0. The largest absolute Gasteiger partial charge is 0.324 e. The van der Waals surface area contributed by atoms with E-state index in [1.807, 2.05) is 18.2 Å². The van der Waals surface area contributed by atoms with Crippen LogP contribution in [0.1, 0.15) is 44.2 Å². The zero-order valence-corrected chi connectivity index (χ0v) is 12.2. The van der Waals surface area contributed by atoms with E-state index < -0.39 is 0 Å². The molecule has 21 heavy (non-hydrogen) atoms. The van der Waals surface area contributed by atoms with Crippen LogP contribution in [-0.4, -0.2) is 11.8 Å². The Kier molecular flexibility index (Phi) is 3.68. The number of carbonyl (C=O) groups is 2. The number of anilines is 2. The fourth-order valence-corrected chi connectivity index (χ4v) is 3.47. The summed E-state index contributed by atoms with van der Waals surface area (Å²) in [5.41, 5.74) is 8.73. The molecule has 4 N–H and O–H groups in total. The van der Waals surface area contributed by atoms with Gasteiger partial charge >= 0.3 is 0 Å². The molecule has 112 valence electrons. The van der Waals surface area contributed by atoms with Crippen molar-refractivity contribution >= 4 is 23.2 Å². The minimum Gasteiger partial charge on any atom is -0.324 e. The van der Waals surface area contributed by atoms with E-state index in [9.17, 15) is 9.59 Å². The molecule has 3 rings (SSSR count). The fraction of sp³-hybridized carbons (Fsp3) is 0.500. The van der Waals surface area contributed by atoms with Crippen LogP contribution < -0.4 is 16.4 Å². The Bertz CT molecular complexity index is 585. The zero-order chi connectivity index (χ0) is 15.0. The number of benzene rings is 1. The van der Waals surface area contributed by atoms with Gasteiger partial charge in [0, 0.05) is 6.04 Å². The summed E-state index contributed by atoms with van der Waals surface area (Å²) in [6.45, 7) is 2.25. The average Bonchev–Trinajstić information content (AvgIpc) is 2.79. The SMILES string of the molecule is CC1CCCC1C(N)c1ccc2c(c1)NC(=O)CC(=O)N2. The summed E-state index contributed by atoms with van der Waals surface area (Å²) in [5, 5.41) is 5.51. The van der Waals surface area contributed by atoms with Crippen molar-refractivity contribution in [1.29, 1.82) is 0 Å². The molecule has 3 unspecified atom stereocenters. The topological polar surface area (TPSA) is 84.2 Å². The highest BCUT2D eigenvalue weighted by molar-refractivity contribution is 6.13. The van der Waals surface area contributed by atoms with Crippen molar-refractivity contribution in [3.05, 3.63) is 23.8 Å². The summed E-state index contributed by atoms with van der Waals surface area (Å²) in [6, 6.07) is 5.65. The summed E-state index contributed by atoms with van der Waals surface area (Å²) in [4.78, 5) is 23.2. The highest BCUT2D eigenvalue weighted by Crippen LogP contribution is 2.40. The second-order valence-electron chi connectivity index (χ2n) is 6.18. The summed E-state index contributed by atoms with van der Waals surface area (Å²) in [5.74, 6) is 0.547. The normalized spacial score (nSPS) is 26.6. The van der Waals surface area contributed by atoms with Crippen molar-refractivity contribution in [3.63, 3.8) is 0 Å². The molecule has 2 amide bonds. The van der Waals surface area contributed by atoms with Crippen LogP contribution in [0, 0.1) is 11.8 Å². The monoisotopic (exact) mass is 287 g/mol. The van der Waals surface area contributed by atoms with Crippen LogP contribution in [-0.2, 0) is 9.59 Å². The third kappa shape index (κ3) is 2.78. The lowest BCUT2D eigenvalue weighted by molar-refractivity contribution is -0.123. The van der Waals surface area contributed by atoms with Crippen LogP contribution >= 0.6 is 0 Å². The Morgan fingerprint density at radius 1 is 1.14 bits per heavy atom. The molecule has 1 aromatic rings. The first-order valence-corrected chi connectivity index (χ1v) is 7.54. The third-order valence-corrected chi connectivity index (χ3v) is 4.69. The van der Waals surface area contributed by atoms with Crippen molar-refractivity contribution in [2.75, 3.05) is 10.6 Å². The summed E-state index contributed by atoms with van der Waals surface area (Å²) >= 11 is 0. The number of amides is 2. The van der Waals surface area contributed by atoms with Gasteiger partial charge in [-0.25, -0.2) is 0 Å². The average molecular weight is 287 g/mol. The molecule has 0 spiro atoms. The molecule has 5 heteroatoms. The van der Waals surface area contributed by atoms with Crippen LogP contribution in [0.5, 0.6) is 0 Å². The standard InChI is InChI=1S/C16H21N3O2/c1-9-3-2-4-11(9)16(17)10-5-6-12-13(7-10)19-15(21)8-14(20)18-12/h5-7,9,11,16H,2-4,8,17H2,1H3,(H,18,20)(H,19,21). The van der Waals surface area contributed by atoms with Crippen molar-refractivity contribution in [1.82, 2.24) is 0 Å². The molecule has 1 aromatic carbocycles. The van der Waals surface area contributed by atoms with Gasteiger partial charge in [-0.3, -0.25) is 9.59 Å². The maximum Gasteiger partial charge on any atom is 0.233 e. The number of hydrogen-bond acceptors (Lipinski definition) is 3. The van der Waals surface area contributed by atoms with Gasteiger partial charge in [-0.15, -0.1) is 0 Å². The lowest BCUT2D eigenvalue weighted by Crippen LogP contribution is -2.23. The molecule has 3 atom stereocenters. The Labute approximate surface area is 124 Å². The predicted octanol–water partition coefficient (Wildman–Crippen LogP) is 2.40. The van der Waals surface area contributed by atoms with E-state index in [4.69, 9.17) is 5.73 Å². The van der Waals surface area contributed by atoms with Gasteiger partial charge in [0.15, 0.2) is 0 Å².